The molecule has 122 valence electrons. The van der Waals surface area contributed by atoms with E-state index in [1.54, 1.807) is 45.3 Å². The molecule has 0 aromatic carbocycles. The number of aromatic amines is 1. The van der Waals surface area contributed by atoms with E-state index < -0.39 is 11.8 Å². The maximum absolute atomic E-state index is 12.7. The zero-order chi connectivity index (χ0) is 17.7. The van der Waals surface area contributed by atoms with Gasteiger partial charge in [0, 0.05) is 18.1 Å². The van der Waals surface area contributed by atoms with Gasteiger partial charge in [0.15, 0.2) is 0 Å². The van der Waals surface area contributed by atoms with Crippen molar-refractivity contribution >= 4 is 17.8 Å². The lowest BCUT2D eigenvalue weighted by atomic mass is 10.0. The minimum absolute atomic E-state index is 0.0269. The van der Waals surface area contributed by atoms with Crippen LogP contribution in [-0.2, 0) is 4.74 Å². The molecule has 0 saturated carbocycles. The molecule has 0 atom stereocenters. The number of pyridine rings is 1. The van der Waals surface area contributed by atoms with E-state index in [2.05, 4.69) is 9.97 Å². The van der Waals surface area contributed by atoms with Crippen LogP contribution in [0, 0.1) is 25.2 Å². The van der Waals surface area contributed by atoms with E-state index in [0.29, 0.717) is 22.4 Å². The maximum Gasteiger partial charge on any atom is 0.340 e. The van der Waals surface area contributed by atoms with Gasteiger partial charge >= 0.3 is 5.97 Å². The summed E-state index contributed by atoms with van der Waals surface area (Å²) in [6.07, 6.45) is 4.64. The molecule has 0 aliphatic rings. The molecule has 0 unspecified atom stereocenters. The van der Waals surface area contributed by atoms with Gasteiger partial charge in [-0.3, -0.25) is 9.78 Å². The van der Waals surface area contributed by atoms with Crippen LogP contribution in [0.3, 0.4) is 0 Å². The molecular weight excluding hydrogens is 306 g/mol. The molecule has 6 nitrogen and oxygen atoms in total. The summed E-state index contributed by atoms with van der Waals surface area (Å²) in [6.45, 7) is 5.31. The Morgan fingerprint density at radius 1 is 1.33 bits per heavy atom. The van der Waals surface area contributed by atoms with Crippen molar-refractivity contribution in [2.24, 2.45) is 0 Å². The fourth-order valence-corrected chi connectivity index (χ4v) is 2.40. The van der Waals surface area contributed by atoms with Gasteiger partial charge in [-0.05, 0) is 50.1 Å². The zero-order valence-corrected chi connectivity index (χ0v) is 13.7. The monoisotopic (exact) mass is 323 g/mol. The van der Waals surface area contributed by atoms with Crippen LogP contribution in [0.4, 0.5) is 0 Å². The van der Waals surface area contributed by atoms with Gasteiger partial charge in [-0.1, -0.05) is 0 Å². The van der Waals surface area contributed by atoms with Crippen molar-refractivity contribution in [3.8, 4) is 6.07 Å². The summed E-state index contributed by atoms with van der Waals surface area (Å²) < 4.78 is 5.01. The number of aryl methyl sites for hydroxylation is 1. The summed E-state index contributed by atoms with van der Waals surface area (Å²) in [6, 6.07) is 5.31. The number of allylic oxidation sites excluding steroid dienone is 1. The number of rotatable bonds is 5. The highest BCUT2D eigenvalue weighted by Crippen LogP contribution is 2.22. The largest absolute Gasteiger partial charge is 0.462 e. The average Bonchev–Trinajstić information content (AvgIpc) is 2.87. The van der Waals surface area contributed by atoms with Crippen molar-refractivity contribution in [2.45, 2.75) is 20.8 Å². The van der Waals surface area contributed by atoms with Gasteiger partial charge in [-0.15, -0.1) is 0 Å². The number of nitriles is 1. The molecule has 2 aromatic heterocycles. The number of ketones is 1. The maximum atomic E-state index is 12.7. The highest BCUT2D eigenvalue weighted by molar-refractivity contribution is 6.15. The second-order valence-corrected chi connectivity index (χ2v) is 5.12. The quantitative estimate of drug-likeness (QED) is 0.395. The Balaban J connectivity index is 2.43. The number of carbonyl (C=O) groups is 2. The summed E-state index contributed by atoms with van der Waals surface area (Å²) in [5.41, 5.74) is 2.24. The normalized spacial score (nSPS) is 11.0. The summed E-state index contributed by atoms with van der Waals surface area (Å²) in [5, 5.41) is 9.32. The topological polar surface area (TPSA) is 95.8 Å². The first-order chi connectivity index (χ1) is 11.5. The van der Waals surface area contributed by atoms with Crippen LogP contribution in [0.5, 0.6) is 0 Å². The fraction of sp³-hybridized carbons (Fsp3) is 0.222. The molecule has 0 fully saturated rings. The molecule has 2 heterocycles. The number of nitrogens with zero attached hydrogens (tertiary/aromatic N) is 2. The van der Waals surface area contributed by atoms with Crippen LogP contribution in [0.15, 0.2) is 30.1 Å². The Hall–Kier alpha value is -3.20. The van der Waals surface area contributed by atoms with E-state index >= 15 is 0 Å². The van der Waals surface area contributed by atoms with Gasteiger partial charge in [-0.25, -0.2) is 4.79 Å². The van der Waals surface area contributed by atoms with Crippen LogP contribution in [0.2, 0.25) is 0 Å². The molecule has 1 N–H and O–H groups in total. The molecule has 0 amide bonds. The third kappa shape index (κ3) is 3.41. The molecule has 0 aliphatic heterocycles. The van der Waals surface area contributed by atoms with Crippen molar-refractivity contribution in [2.75, 3.05) is 6.61 Å². The number of nitrogens with one attached hydrogen (secondary N) is 1. The first kappa shape index (κ1) is 17.2. The second-order valence-electron chi connectivity index (χ2n) is 5.12. The number of ether oxygens (including phenoxy) is 1. The van der Waals surface area contributed by atoms with Crippen molar-refractivity contribution < 1.29 is 14.3 Å². The van der Waals surface area contributed by atoms with Crippen LogP contribution in [0.1, 0.15) is 44.6 Å². The predicted octanol–water partition coefficient (Wildman–Crippen LogP) is 2.99. The highest BCUT2D eigenvalue weighted by Gasteiger charge is 2.24. The Morgan fingerprint density at radius 3 is 2.58 bits per heavy atom. The van der Waals surface area contributed by atoms with Crippen molar-refractivity contribution in [3.05, 3.63) is 58.2 Å². The minimum Gasteiger partial charge on any atom is -0.462 e. The number of aromatic nitrogens is 2. The van der Waals surface area contributed by atoms with E-state index in [0.717, 1.165) is 0 Å². The number of esters is 1. The molecule has 0 spiro atoms. The molecular formula is C18H17N3O3. The molecule has 6 heteroatoms. The van der Waals surface area contributed by atoms with E-state index in [9.17, 15) is 14.9 Å². The molecule has 0 bridgehead atoms. The minimum atomic E-state index is -0.487. The van der Waals surface area contributed by atoms with Crippen molar-refractivity contribution in [1.82, 2.24) is 9.97 Å². The number of H-pyrrole nitrogens is 1. The van der Waals surface area contributed by atoms with Gasteiger partial charge in [0.1, 0.15) is 11.6 Å². The Labute approximate surface area is 139 Å². The lowest BCUT2D eigenvalue weighted by Crippen LogP contribution is -2.08. The molecule has 24 heavy (non-hydrogen) atoms. The highest BCUT2D eigenvalue weighted by atomic mass is 16.5. The van der Waals surface area contributed by atoms with Crippen molar-refractivity contribution in [3.63, 3.8) is 0 Å². The molecule has 0 saturated heterocycles. The number of hydrogen-bond acceptors (Lipinski definition) is 5. The van der Waals surface area contributed by atoms with E-state index in [-0.39, 0.29) is 17.9 Å². The standard InChI is InChI=1S/C18H17N3O3/c1-4-24-18(23)15-11(2)16(21-12(15)3)17(22)14(10-19)9-13-5-7-20-8-6-13/h5-9,21H,4H2,1-3H3/b14-9+. The fourth-order valence-electron chi connectivity index (χ4n) is 2.40. The Morgan fingerprint density at radius 2 is 2.00 bits per heavy atom. The number of hydrogen-bond donors (Lipinski definition) is 1. The first-order valence-electron chi connectivity index (χ1n) is 7.42. The van der Waals surface area contributed by atoms with E-state index in [1.165, 1.54) is 6.08 Å². The van der Waals surface area contributed by atoms with Crippen LogP contribution < -0.4 is 0 Å². The van der Waals surface area contributed by atoms with Gasteiger partial charge < -0.3 is 9.72 Å². The number of Topliss-reactive ketones (excluding diaryl/α,β-unsaturated/α-hetero) is 1. The van der Waals surface area contributed by atoms with Gasteiger partial charge in [-0.2, -0.15) is 5.26 Å². The van der Waals surface area contributed by atoms with E-state index in [4.69, 9.17) is 4.74 Å². The first-order valence-corrected chi connectivity index (χ1v) is 7.42. The van der Waals surface area contributed by atoms with Gasteiger partial charge in [0.2, 0.25) is 5.78 Å². The zero-order valence-electron chi connectivity index (χ0n) is 13.7. The second kappa shape index (κ2) is 7.38. The molecule has 2 aromatic rings. The van der Waals surface area contributed by atoms with Gasteiger partial charge in [0.05, 0.1) is 17.9 Å². The van der Waals surface area contributed by atoms with E-state index in [1.807, 2.05) is 6.07 Å². The molecule has 2 rings (SSSR count). The van der Waals surface area contributed by atoms with Crippen LogP contribution in [0.25, 0.3) is 6.08 Å². The SMILES string of the molecule is CCOC(=O)c1c(C)[nH]c(C(=O)/C(C#N)=C/c2ccncc2)c1C. The lowest BCUT2D eigenvalue weighted by molar-refractivity contribution is 0.0525. The summed E-state index contributed by atoms with van der Waals surface area (Å²) in [5.74, 6) is -0.954. The number of carbonyl (C=O) groups excluding carboxylic acids is 2. The average molecular weight is 323 g/mol. The molecule has 0 aliphatic carbocycles. The lowest BCUT2D eigenvalue weighted by Gasteiger charge is -2.02. The van der Waals surface area contributed by atoms with Crippen LogP contribution in [-0.4, -0.2) is 28.3 Å². The third-order valence-electron chi connectivity index (χ3n) is 3.53. The Bertz CT molecular complexity index is 842. The smallest absolute Gasteiger partial charge is 0.340 e. The van der Waals surface area contributed by atoms with Crippen molar-refractivity contribution in [1.29, 1.82) is 5.26 Å². The predicted molar refractivity (Wildman–Crippen MR) is 88.4 cm³/mol. The van der Waals surface area contributed by atoms with Crippen LogP contribution >= 0.6 is 0 Å². The van der Waals surface area contributed by atoms with Gasteiger partial charge in [0.25, 0.3) is 0 Å². The third-order valence-corrected chi connectivity index (χ3v) is 3.53. The Kier molecular flexibility index (Phi) is 5.27. The molecule has 0 radical (unpaired) electrons. The summed E-state index contributed by atoms with van der Waals surface area (Å²) >= 11 is 0. The summed E-state index contributed by atoms with van der Waals surface area (Å²) in [7, 11) is 0. The summed E-state index contributed by atoms with van der Waals surface area (Å²) in [4.78, 5) is 31.5.